The molecule has 0 aliphatic carbocycles. The normalized spacial score (nSPS) is 27.9. The fourth-order valence-electron chi connectivity index (χ4n) is 1.65. The number of methoxy groups -OCH3 is 1. The van der Waals surface area contributed by atoms with Gasteiger partial charge in [0.25, 0.3) is 0 Å². The van der Waals surface area contributed by atoms with Crippen molar-refractivity contribution in [2.75, 3.05) is 19.1 Å². The van der Waals surface area contributed by atoms with Crippen LogP contribution in [0.2, 0.25) is 0 Å². The third-order valence-corrected chi connectivity index (χ3v) is 4.10. The SMILES string of the molecule is COC1=CC2NC(CSSC)=CC2N=C1. The summed E-state index contributed by atoms with van der Waals surface area (Å²) >= 11 is 0. The molecule has 2 rings (SSSR count). The predicted molar refractivity (Wildman–Crippen MR) is 68.4 cm³/mol. The number of allylic oxidation sites excluding steroid dienone is 1. The molecule has 3 nitrogen and oxygen atoms in total. The number of aliphatic imine (C=N–C) groups is 1. The van der Waals surface area contributed by atoms with Gasteiger partial charge >= 0.3 is 0 Å². The van der Waals surface area contributed by atoms with E-state index in [0.29, 0.717) is 0 Å². The fraction of sp³-hybridized carbons (Fsp3) is 0.500. The quantitative estimate of drug-likeness (QED) is 0.763. The van der Waals surface area contributed by atoms with Gasteiger partial charge in [-0.2, -0.15) is 0 Å². The van der Waals surface area contributed by atoms with E-state index in [0.717, 1.165) is 11.5 Å². The summed E-state index contributed by atoms with van der Waals surface area (Å²) in [5.41, 5.74) is 1.27. The minimum atomic E-state index is 0.251. The average Bonchev–Trinajstić information content (AvgIpc) is 2.67. The third-order valence-electron chi connectivity index (χ3n) is 2.38. The molecule has 5 heteroatoms. The zero-order chi connectivity index (χ0) is 10.7. The van der Waals surface area contributed by atoms with Gasteiger partial charge in [-0.05, 0) is 18.4 Å². The minimum Gasteiger partial charge on any atom is -0.495 e. The van der Waals surface area contributed by atoms with Gasteiger partial charge in [0.15, 0.2) is 0 Å². The molecule has 82 valence electrons. The second-order valence-electron chi connectivity index (χ2n) is 3.33. The molecular formula is C10H14N2OS2. The van der Waals surface area contributed by atoms with Crippen LogP contribution in [0.5, 0.6) is 0 Å². The van der Waals surface area contributed by atoms with E-state index >= 15 is 0 Å². The number of hydrogen-bond donors (Lipinski definition) is 1. The van der Waals surface area contributed by atoms with E-state index in [2.05, 4.69) is 28.7 Å². The standard InChI is InChI=1S/C10H14N2OS2/c1-13-8-4-10-9(11-5-8)3-7(12-10)6-15-14-2/h3-5,9-10,12H,6H2,1-2H3. The zero-order valence-corrected chi connectivity index (χ0v) is 10.4. The summed E-state index contributed by atoms with van der Waals surface area (Å²) in [5.74, 6) is 1.86. The number of fused-ring (bicyclic) bond motifs is 1. The van der Waals surface area contributed by atoms with Crippen molar-refractivity contribution >= 4 is 27.8 Å². The van der Waals surface area contributed by atoms with Crippen molar-refractivity contribution in [3.8, 4) is 0 Å². The van der Waals surface area contributed by atoms with Crippen molar-refractivity contribution in [2.24, 2.45) is 4.99 Å². The summed E-state index contributed by atoms with van der Waals surface area (Å²) in [6.45, 7) is 0. The second-order valence-corrected chi connectivity index (χ2v) is 5.90. The summed E-state index contributed by atoms with van der Waals surface area (Å²) in [5, 5.41) is 3.45. The molecule has 0 saturated heterocycles. The number of hydrogen-bond acceptors (Lipinski definition) is 5. The molecule has 1 N–H and O–H groups in total. The number of nitrogens with zero attached hydrogens (tertiary/aromatic N) is 1. The first-order valence-electron chi connectivity index (χ1n) is 4.75. The van der Waals surface area contributed by atoms with E-state index in [-0.39, 0.29) is 12.1 Å². The van der Waals surface area contributed by atoms with E-state index in [1.807, 2.05) is 10.8 Å². The lowest BCUT2D eigenvalue weighted by molar-refractivity contribution is 0.311. The molecule has 0 spiro atoms. The molecule has 0 aromatic heterocycles. The topological polar surface area (TPSA) is 33.6 Å². The van der Waals surface area contributed by atoms with Crippen LogP contribution in [0.3, 0.4) is 0 Å². The van der Waals surface area contributed by atoms with Crippen LogP contribution in [0.1, 0.15) is 0 Å². The third kappa shape index (κ3) is 2.52. The molecule has 0 radical (unpaired) electrons. The Hall–Kier alpha value is -0.550. The van der Waals surface area contributed by atoms with E-state index in [4.69, 9.17) is 4.74 Å². The largest absolute Gasteiger partial charge is 0.495 e. The van der Waals surface area contributed by atoms with Gasteiger partial charge in [0.2, 0.25) is 0 Å². The first-order valence-corrected chi connectivity index (χ1v) is 7.48. The Balaban J connectivity index is 1.97. The molecule has 0 amide bonds. The second kappa shape index (κ2) is 4.99. The molecule has 2 aliphatic rings. The molecule has 0 aromatic carbocycles. The summed E-state index contributed by atoms with van der Waals surface area (Å²) in [6.07, 6.45) is 8.18. The van der Waals surface area contributed by atoms with Crippen LogP contribution < -0.4 is 5.32 Å². The van der Waals surface area contributed by atoms with Crippen LogP contribution in [0.25, 0.3) is 0 Å². The number of nitrogens with one attached hydrogen (secondary N) is 1. The van der Waals surface area contributed by atoms with Gasteiger partial charge in [-0.3, -0.25) is 4.99 Å². The van der Waals surface area contributed by atoms with Crippen molar-refractivity contribution in [2.45, 2.75) is 12.1 Å². The zero-order valence-electron chi connectivity index (χ0n) is 8.77. The van der Waals surface area contributed by atoms with Crippen LogP contribution in [0.4, 0.5) is 0 Å². The van der Waals surface area contributed by atoms with Gasteiger partial charge in [0.1, 0.15) is 5.76 Å². The van der Waals surface area contributed by atoms with Gasteiger partial charge in [-0.25, -0.2) is 0 Å². The van der Waals surface area contributed by atoms with Gasteiger partial charge < -0.3 is 10.1 Å². The van der Waals surface area contributed by atoms with Crippen LogP contribution in [-0.4, -0.2) is 37.4 Å². The molecule has 0 saturated carbocycles. The smallest absolute Gasteiger partial charge is 0.134 e. The monoisotopic (exact) mass is 242 g/mol. The number of rotatable bonds is 4. The highest BCUT2D eigenvalue weighted by atomic mass is 33.1. The molecular weight excluding hydrogens is 228 g/mol. The van der Waals surface area contributed by atoms with Crippen LogP contribution in [0, 0.1) is 0 Å². The van der Waals surface area contributed by atoms with Crippen molar-refractivity contribution < 1.29 is 4.74 Å². The van der Waals surface area contributed by atoms with E-state index < -0.39 is 0 Å². The fourth-order valence-corrected chi connectivity index (χ4v) is 2.80. The van der Waals surface area contributed by atoms with Crippen LogP contribution in [0.15, 0.2) is 28.6 Å². The summed E-state index contributed by atoms with van der Waals surface area (Å²) in [6, 6.07) is 0.531. The Morgan fingerprint density at radius 3 is 3.13 bits per heavy atom. The van der Waals surface area contributed by atoms with E-state index in [9.17, 15) is 0 Å². The van der Waals surface area contributed by atoms with E-state index in [1.54, 1.807) is 24.1 Å². The van der Waals surface area contributed by atoms with Crippen LogP contribution >= 0.6 is 21.6 Å². The Bertz CT molecular complexity index is 325. The maximum atomic E-state index is 5.16. The highest BCUT2D eigenvalue weighted by Gasteiger charge is 2.27. The molecule has 2 unspecified atom stereocenters. The Labute approximate surface area is 97.8 Å². The lowest BCUT2D eigenvalue weighted by atomic mass is 10.1. The molecule has 0 fully saturated rings. The van der Waals surface area contributed by atoms with Crippen molar-refractivity contribution in [3.63, 3.8) is 0 Å². The molecule has 0 aromatic rings. The summed E-state index contributed by atoms with van der Waals surface area (Å²) in [4.78, 5) is 4.43. The maximum Gasteiger partial charge on any atom is 0.134 e. The summed E-state index contributed by atoms with van der Waals surface area (Å²) in [7, 11) is 5.30. The average molecular weight is 242 g/mol. The summed E-state index contributed by atoms with van der Waals surface area (Å²) < 4.78 is 5.16. The first-order chi connectivity index (χ1) is 7.33. The van der Waals surface area contributed by atoms with Crippen LogP contribution in [-0.2, 0) is 4.74 Å². The lowest BCUT2D eigenvalue weighted by Gasteiger charge is -2.18. The maximum absolute atomic E-state index is 5.16. The van der Waals surface area contributed by atoms with E-state index in [1.165, 1.54) is 5.70 Å². The minimum absolute atomic E-state index is 0.251. The Kier molecular flexibility index (Phi) is 3.64. The molecule has 2 heterocycles. The lowest BCUT2D eigenvalue weighted by Crippen LogP contribution is -2.32. The van der Waals surface area contributed by atoms with Gasteiger partial charge in [-0.1, -0.05) is 21.6 Å². The molecule has 2 aliphatic heterocycles. The highest BCUT2D eigenvalue weighted by molar-refractivity contribution is 8.76. The Morgan fingerprint density at radius 1 is 1.53 bits per heavy atom. The number of ether oxygens (including phenoxy) is 1. The van der Waals surface area contributed by atoms with Gasteiger partial charge in [0, 0.05) is 11.4 Å². The van der Waals surface area contributed by atoms with Gasteiger partial charge in [-0.15, -0.1) is 0 Å². The molecule has 2 atom stereocenters. The van der Waals surface area contributed by atoms with Crippen molar-refractivity contribution in [1.29, 1.82) is 0 Å². The van der Waals surface area contributed by atoms with Crippen molar-refractivity contribution in [1.82, 2.24) is 5.32 Å². The van der Waals surface area contributed by atoms with Gasteiger partial charge in [0.05, 0.1) is 25.4 Å². The molecule has 15 heavy (non-hydrogen) atoms. The van der Waals surface area contributed by atoms with Crippen molar-refractivity contribution in [3.05, 3.63) is 23.6 Å². The predicted octanol–water partition coefficient (Wildman–Crippen LogP) is 1.84. The number of dihydropyridines is 1. The highest BCUT2D eigenvalue weighted by Crippen LogP contribution is 2.25. The first kappa shape index (κ1) is 11.0. The Morgan fingerprint density at radius 2 is 2.40 bits per heavy atom. The molecule has 0 bridgehead atoms.